The minimum absolute atomic E-state index is 0.00265. The van der Waals surface area contributed by atoms with E-state index in [1.54, 1.807) is 14.2 Å². The summed E-state index contributed by atoms with van der Waals surface area (Å²) in [4.78, 5) is 11.0. The zero-order valence-electron chi connectivity index (χ0n) is 19.2. The molecule has 0 fully saturated rings. The molecule has 0 aliphatic rings. The van der Waals surface area contributed by atoms with Crippen LogP contribution in [-0.4, -0.2) is 30.4 Å². The molecule has 0 saturated carbocycles. The molecule has 3 aromatic carbocycles. The lowest BCUT2D eigenvalue weighted by atomic mass is 9.85. The van der Waals surface area contributed by atoms with Crippen LogP contribution in [0.15, 0.2) is 72.8 Å². The number of aryl methyl sites for hydroxylation is 1. The van der Waals surface area contributed by atoms with Gasteiger partial charge in [-0.1, -0.05) is 60.7 Å². The van der Waals surface area contributed by atoms with Gasteiger partial charge in [-0.3, -0.25) is 4.79 Å². The average molecular weight is 449 g/mol. The van der Waals surface area contributed by atoms with Gasteiger partial charge in [-0.25, -0.2) is 0 Å². The Kier molecular flexibility index (Phi) is 8.90. The van der Waals surface area contributed by atoms with Crippen LogP contribution < -0.4 is 9.47 Å². The number of benzene rings is 3. The van der Waals surface area contributed by atoms with Crippen molar-refractivity contribution in [3.8, 4) is 11.5 Å². The maximum atomic E-state index is 11.3. The number of ether oxygens (including phenoxy) is 2. The molecule has 174 valence electrons. The maximum Gasteiger partial charge on any atom is 0.307 e. The lowest BCUT2D eigenvalue weighted by molar-refractivity contribution is -0.136. The van der Waals surface area contributed by atoms with Crippen molar-refractivity contribution in [3.63, 3.8) is 0 Å². The van der Waals surface area contributed by atoms with E-state index in [1.807, 2.05) is 60.7 Å². The predicted octanol–water partition coefficient (Wildman–Crippen LogP) is 5.25. The second kappa shape index (κ2) is 12.1. The molecular formula is C28H32O5. The Bertz CT molecular complexity index is 1010. The van der Waals surface area contributed by atoms with Crippen molar-refractivity contribution >= 4 is 5.97 Å². The Morgan fingerprint density at radius 1 is 0.848 bits per heavy atom. The van der Waals surface area contributed by atoms with Gasteiger partial charge in [0.25, 0.3) is 0 Å². The van der Waals surface area contributed by atoms with Crippen molar-refractivity contribution in [2.75, 3.05) is 14.2 Å². The van der Waals surface area contributed by atoms with Crippen molar-refractivity contribution < 1.29 is 24.5 Å². The summed E-state index contributed by atoms with van der Waals surface area (Å²) in [6.07, 6.45) is 2.79. The minimum atomic E-state index is -0.842. The molecule has 0 unspecified atom stereocenters. The minimum Gasteiger partial charge on any atom is -0.493 e. The number of methoxy groups -OCH3 is 2. The van der Waals surface area contributed by atoms with Crippen LogP contribution in [0.4, 0.5) is 0 Å². The summed E-state index contributed by atoms with van der Waals surface area (Å²) < 4.78 is 10.8. The molecule has 3 aromatic rings. The van der Waals surface area contributed by atoms with E-state index < -0.39 is 12.1 Å². The van der Waals surface area contributed by atoms with E-state index in [9.17, 15) is 9.90 Å². The Morgan fingerprint density at radius 3 is 2.15 bits per heavy atom. The molecule has 0 spiro atoms. The van der Waals surface area contributed by atoms with Crippen LogP contribution in [0.3, 0.4) is 0 Å². The van der Waals surface area contributed by atoms with Crippen molar-refractivity contribution in [3.05, 3.63) is 95.1 Å². The third-order valence-electron chi connectivity index (χ3n) is 5.96. The molecule has 0 aromatic heterocycles. The normalized spacial score (nSPS) is 12.7. The fraction of sp³-hybridized carbons (Fsp3) is 0.321. The average Bonchev–Trinajstić information content (AvgIpc) is 2.84. The Morgan fingerprint density at radius 2 is 1.52 bits per heavy atom. The third-order valence-corrected chi connectivity index (χ3v) is 5.96. The number of carboxylic acids is 1. The number of hydrogen-bond acceptors (Lipinski definition) is 4. The van der Waals surface area contributed by atoms with E-state index in [4.69, 9.17) is 14.6 Å². The number of rotatable bonds is 12. The van der Waals surface area contributed by atoms with E-state index in [1.165, 1.54) is 5.56 Å². The lowest BCUT2D eigenvalue weighted by Crippen LogP contribution is -2.16. The lowest BCUT2D eigenvalue weighted by Gasteiger charge is -2.24. The summed E-state index contributed by atoms with van der Waals surface area (Å²) in [7, 11) is 3.18. The molecule has 0 saturated heterocycles. The third kappa shape index (κ3) is 7.09. The van der Waals surface area contributed by atoms with Gasteiger partial charge in [0.1, 0.15) is 0 Å². The number of aliphatic hydroxyl groups excluding tert-OH is 1. The van der Waals surface area contributed by atoms with Gasteiger partial charge in [0.15, 0.2) is 11.5 Å². The van der Waals surface area contributed by atoms with Gasteiger partial charge in [-0.2, -0.15) is 0 Å². The number of carboxylic acid groups (broad SMARTS) is 1. The van der Waals surface area contributed by atoms with Gasteiger partial charge in [0, 0.05) is 0 Å². The van der Waals surface area contributed by atoms with Crippen molar-refractivity contribution in [1.82, 2.24) is 0 Å². The summed E-state index contributed by atoms with van der Waals surface area (Å²) in [5, 5.41) is 20.3. The van der Waals surface area contributed by atoms with Crippen LogP contribution in [0.2, 0.25) is 0 Å². The fourth-order valence-electron chi connectivity index (χ4n) is 4.16. The summed E-state index contributed by atoms with van der Waals surface area (Å²) in [6.45, 7) is 0. The first kappa shape index (κ1) is 24.3. The fourth-order valence-corrected chi connectivity index (χ4v) is 4.16. The summed E-state index contributed by atoms with van der Waals surface area (Å²) in [5.41, 5.74) is 3.93. The highest BCUT2D eigenvalue weighted by Crippen LogP contribution is 2.35. The molecule has 0 amide bonds. The highest BCUT2D eigenvalue weighted by Gasteiger charge is 2.23. The van der Waals surface area contributed by atoms with Crippen molar-refractivity contribution in [2.24, 2.45) is 5.92 Å². The number of aliphatic hydroxyl groups is 1. The molecule has 2 N–H and O–H groups in total. The summed E-state index contributed by atoms with van der Waals surface area (Å²) >= 11 is 0. The zero-order chi connectivity index (χ0) is 23.6. The topological polar surface area (TPSA) is 76.0 Å². The van der Waals surface area contributed by atoms with Crippen molar-refractivity contribution in [2.45, 2.75) is 38.2 Å². The molecule has 33 heavy (non-hydrogen) atoms. The highest BCUT2D eigenvalue weighted by atomic mass is 16.5. The van der Waals surface area contributed by atoms with E-state index in [0.29, 0.717) is 17.9 Å². The van der Waals surface area contributed by atoms with E-state index in [-0.39, 0.29) is 12.3 Å². The molecule has 0 aliphatic carbocycles. The summed E-state index contributed by atoms with van der Waals surface area (Å²) in [6, 6.07) is 23.5. The quantitative estimate of drug-likeness (QED) is 0.396. The molecule has 5 heteroatoms. The SMILES string of the molecule is COc1ccc([C@@H](O)[C@@H](CCCc2ccccc2)Cc2ccc(CC(=O)O)cc2)cc1OC. The Hall–Kier alpha value is -3.31. The number of hydrogen-bond donors (Lipinski definition) is 2. The Balaban J connectivity index is 1.77. The predicted molar refractivity (Wildman–Crippen MR) is 129 cm³/mol. The molecule has 0 heterocycles. The first-order chi connectivity index (χ1) is 16.0. The first-order valence-electron chi connectivity index (χ1n) is 11.2. The van der Waals surface area contributed by atoms with Crippen LogP contribution >= 0.6 is 0 Å². The molecule has 3 rings (SSSR count). The molecule has 0 radical (unpaired) electrons. The van der Waals surface area contributed by atoms with E-state index in [0.717, 1.165) is 36.0 Å². The van der Waals surface area contributed by atoms with Crippen LogP contribution in [0.25, 0.3) is 0 Å². The molecule has 5 nitrogen and oxygen atoms in total. The van der Waals surface area contributed by atoms with Gasteiger partial charge < -0.3 is 19.7 Å². The van der Waals surface area contributed by atoms with Crippen molar-refractivity contribution in [1.29, 1.82) is 0 Å². The zero-order valence-corrected chi connectivity index (χ0v) is 19.2. The molecule has 2 atom stereocenters. The number of carbonyl (C=O) groups is 1. The second-order valence-corrected chi connectivity index (χ2v) is 8.29. The molecule has 0 aliphatic heterocycles. The number of aliphatic carboxylic acids is 1. The van der Waals surface area contributed by atoms with E-state index >= 15 is 0 Å². The van der Waals surface area contributed by atoms with Gasteiger partial charge in [-0.05, 0) is 66.0 Å². The largest absolute Gasteiger partial charge is 0.493 e. The van der Waals surface area contributed by atoms with Gasteiger partial charge in [0.2, 0.25) is 0 Å². The Labute approximate surface area is 195 Å². The van der Waals surface area contributed by atoms with Gasteiger partial charge >= 0.3 is 5.97 Å². The van der Waals surface area contributed by atoms with Gasteiger partial charge in [-0.15, -0.1) is 0 Å². The smallest absolute Gasteiger partial charge is 0.307 e. The molecular weight excluding hydrogens is 416 g/mol. The monoisotopic (exact) mass is 448 g/mol. The van der Waals surface area contributed by atoms with Crippen LogP contribution in [0.1, 0.15) is 41.2 Å². The first-order valence-corrected chi connectivity index (χ1v) is 11.2. The standard InChI is InChI=1S/C28H32O5/c1-32-25-16-15-24(19-26(25)33-2)28(31)23(10-6-9-20-7-4-3-5-8-20)17-21-11-13-22(14-12-21)18-27(29)30/h3-5,7-8,11-16,19,23,28,31H,6,9-10,17-18H2,1-2H3,(H,29,30)/t23-,28-/m0/s1. The molecule has 0 bridgehead atoms. The van der Waals surface area contributed by atoms with Crippen LogP contribution in [0, 0.1) is 5.92 Å². The van der Waals surface area contributed by atoms with Crippen LogP contribution in [0.5, 0.6) is 11.5 Å². The van der Waals surface area contributed by atoms with Crippen LogP contribution in [-0.2, 0) is 24.1 Å². The second-order valence-electron chi connectivity index (χ2n) is 8.29. The van der Waals surface area contributed by atoms with E-state index in [2.05, 4.69) is 12.1 Å². The van der Waals surface area contributed by atoms with Gasteiger partial charge in [0.05, 0.1) is 26.7 Å². The summed E-state index contributed by atoms with van der Waals surface area (Å²) in [5.74, 6) is 0.376. The highest BCUT2D eigenvalue weighted by molar-refractivity contribution is 5.70. The maximum absolute atomic E-state index is 11.3.